The van der Waals surface area contributed by atoms with E-state index in [1.165, 1.54) is 0 Å². The maximum Gasteiger partial charge on any atom is 3.00 e. The topological polar surface area (TPSA) is 120 Å². The molecule has 0 aliphatic rings. The molecule has 25 heavy (non-hydrogen) atoms. The van der Waals surface area contributed by atoms with Crippen molar-refractivity contribution in [1.82, 2.24) is 0 Å². The average molecular weight is 438 g/mol. The summed E-state index contributed by atoms with van der Waals surface area (Å²) in [6.07, 6.45) is 9.11. The minimum absolute atomic E-state index is 0. The number of carboxylic acids is 3. The van der Waals surface area contributed by atoms with Crippen LogP contribution in [0.1, 0.15) is 97.8 Å². The predicted molar refractivity (Wildman–Crippen MR) is 87.4 cm³/mol. The van der Waals surface area contributed by atoms with Gasteiger partial charge in [-0.25, -0.2) is 0 Å². The molecule has 0 rings (SSSR count). The van der Waals surface area contributed by atoms with Crippen LogP contribution >= 0.6 is 0 Å². The summed E-state index contributed by atoms with van der Waals surface area (Å²) < 4.78 is 0. The van der Waals surface area contributed by atoms with Gasteiger partial charge in [0.25, 0.3) is 0 Å². The summed E-state index contributed by atoms with van der Waals surface area (Å²) >= 11 is 0. The van der Waals surface area contributed by atoms with E-state index in [0.717, 1.165) is 57.8 Å². The van der Waals surface area contributed by atoms with Crippen LogP contribution in [0.25, 0.3) is 0 Å². The van der Waals surface area contributed by atoms with E-state index < -0.39 is 17.9 Å². The number of hydrogen-bond acceptors (Lipinski definition) is 6. The fourth-order valence-corrected chi connectivity index (χ4v) is 1.56. The van der Waals surface area contributed by atoms with Gasteiger partial charge >= 0.3 is 22.4 Å². The van der Waals surface area contributed by atoms with Gasteiger partial charge in [-0.3, -0.25) is 0 Å². The predicted octanol–water partition coefficient (Wildman–Crippen LogP) is 0.947. The standard InChI is InChI=1S/3C6H12O2.Nb/c3*1-2-3-4-5-6(7)8;/h3*2-5H2,1H3,(H,7,8);/q;;;+3/p-3. The molecule has 7 heteroatoms. The fraction of sp³-hybridized carbons (Fsp3) is 0.833. The summed E-state index contributed by atoms with van der Waals surface area (Å²) in [5.41, 5.74) is 0. The molecule has 0 aliphatic carbocycles. The van der Waals surface area contributed by atoms with Crippen LogP contribution in [0, 0.1) is 0 Å². The van der Waals surface area contributed by atoms with Gasteiger partial charge in [0.2, 0.25) is 0 Å². The van der Waals surface area contributed by atoms with E-state index in [1.54, 1.807) is 0 Å². The van der Waals surface area contributed by atoms with E-state index in [2.05, 4.69) is 0 Å². The van der Waals surface area contributed by atoms with E-state index in [9.17, 15) is 29.7 Å². The minimum Gasteiger partial charge on any atom is -0.550 e. The Labute approximate surface area is 167 Å². The molecule has 0 atom stereocenters. The molecule has 0 N–H and O–H groups in total. The Morgan fingerprint density at radius 3 is 0.840 bits per heavy atom. The monoisotopic (exact) mass is 438 g/mol. The van der Waals surface area contributed by atoms with E-state index in [1.807, 2.05) is 20.8 Å². The molecule has 0 aromatic carbocycles. The Bertz CT molecular complexity index is 260. The maximum atomic E-state index is 9.76. The number of carbonyl (C=O) groups is 3. The first kappa shape index (κ1) is 31.9. The van der Waals surface area contributed by atoms with E-state index in [-0.39, 0.29) is 41.6 Å². The van der Waals surface area contributed by atoms with Gasteiger partial charge in [-0.15, -0.1) is 0 Å². The van der Waals surface area contributed by atoms with Gasteiger partial charge in [0.15, 0.2) is 0 Å². The van der Waals surface area contributed by atoms with E-state index >= 15 is 0 Å². The zero-order valence-corrected chi connectivity index (χ0v) is 18.1. The molecule has 6 nitrogen and oxygen atoms in total. The van der Waals surface area contributed by atoms with Gasteiger partial charge in [-0.1, -0.05) is 59.3 Å². The third-order valence-electron chi connectivity index (χ3n) is 2.95. The number of unbranched alkanes of at least 4 members (excludes halogenated alkanes) is 6. The zero-order chi connectivity index (χ0) is 19.2. The molecule has 146 valence electrons. The van der Waals surface area contributed by atoms with Gasteiger partial charge in [-0.05, 0) is 38.5 Å². The van der Waals surface area contributed by atoms with Crippen molar-refractivity contribution in [3.63, 3.8) is 0 Å². The molecule has 0 saturated carbocycles. The molecule has 0 aromatic rings. The summed E-state index contributed by atoms with van der Waals surface area (Å²) in [7, 11) is 0. The molecule has 0 amide bonds. The first-order valence-electron chi connectivity index (χ1n) is 8.91. The molecule has 0 spiro atoms. The van der Waals surface area contributed by atoms with Crippen LogP contribution in [0.15, 0.2) is 0 Å². The molecule has 0 saturated heterocycles. The Morgan fingerprint density at radius 1 is 0.520 bits per heavy atom. The summed E-state index contributed by atoms with van der Waals surface area (Å²) in [6, 6.07) is 0. The van der Waals surface area contributed by atoms with Crippen molar-refractivity contribution >= 4 is 17.9 Å². The maximum absolute atomic E-state index is 9.76. The molecule has 0 aliphatic heterocycles. The number of rotatable bonds is 12. The zero-order valence-electron chi connectivity index (χ0n) is 15.9. The Kier molecular flexibility index (Phi) is 35.7. The SMILES string of the molecule is CCCCCC(=O)[O-].CCCCCC(=O)[O-].CCCCCC(=O)[O-].[Nb+3]. The van der Waals surface area contributed by atoms with E-state index in [0.29, 0.717) is 0 Å². The molecule has 0 unspecified atom stereocenters. The van der Waals surface area contributed by atoms with Crippen molar-refractivity contribution < 1.29 is 52.1 Å². The Morgan fingerprint density at radius 2 is 0.720 bits per heavy atom. The molecule has 0 heterocycles. The van der Waals surface area contributed by atoms with Crippen LogP contribution in [-0.4, -0.2) is 17.9 Å². The van der Waals surface area contributed by atoms with Gasteiger partial charge in [-0.2, -0.15) is 0 Å². The van der Waals surface area contributed by atoms with Crippen molar-refractivity contribution in [2.45, 2.75) is 97.8 Å². The van der Waals surface area contributed by atoms with Crippen LogP contribution in [-0.2, 0) is 36.8 Å². The second kappa shape index (κ2) is 28.0. The second-order valence-corrected chi connectivity index (χ2v) is 5.49. The molecule has 0 aromatic heterocycles. The fourth-order valence-electron chi connectivity index (χ4n) is 1.56. The smallest absolute Gasteiger partial charge is 0.550 e. The van der Waals surface area contributed by atoms with Gasteiger partial charge in [0.05, 0.1) is 0 Å². The largest absolute Gasteiger partial charge is 3.00 e. The minimum atomic E-state index is -0.932. The van der Waals surface area contributed by atoms with Crippen LogP contribution in [0.2, 0.25) is 0 Å². The first-order valence-corrected chi connectivity index (χ1v) is 8.91. The number of carboxylic acid groups (broad SMARTS) is 3. The Balaban J connectivity index is -0.000000130. The van der Waals surface area contributed by atoms with Gasteiger partial charge in [0, 0.05) is 17.9 Å². The van der Waals surface area contributed by atoms with Crippen molar-refractivity contribution in [2.24, 2.45) is 0 Å². The molecular formula is C18H33NbO6. The van der Waals surface area contributed by atoms with Gasteiger partial charge in [0.1, 0.15) is 0 Å². The summed E-state index contributed by atoms with van der Waals surface area (Å²) in [5, 5.41) is 29.3. The molecular weight excluding hydrogens is 405 g/mol. The van der Waals surface area contributed by atoms with Crippen LogP contribution in [0.4, 0.5) is 0 Å². The van der Waals surface area contributed by atoms with Crippen molar-refractivity contribution in [3.8, 4) is 0 Å². The quantitative estimate of drug-likeness (QED) is 0.330. The van der Waals surface area contributed by atoms with E-state index in [4.69, 9.17) is 0 Å². The number of aliphatic carboxylic acids is 3. The van der Waals surface area contributed by atoms with Crippen LogP contribution < -0.4 is 15.3 Å². The van der Waals surface area contributed by atoms with Crippen molar-refractivity contribution in [3.05, 3.63) is 0 Å². The van der Waals surface area contributed by atoms with Gasteiger partial charge < -0.3 is 29.7 Å². The molecule has 0 bridgehead atoms. The second-order valence-electron chi connectivity index (χ2n) is 5.49. The average Bonchev–Trinajstić information content (AvgIpc) is 2.48. The van der Waals surface area contributed by atoms with Crippen LogP contribution in [0.5, 0.6) is 0 Å². The van der Waals surface area contributed by atoms with Crippen molar-refractivity contribution in [2.75, 3.05) is 0 Å². The van der Waals surface area contributed by atoms with Crippen molar-refractivity contribution in [1.29, 1.82) is 0 Å². The third kappa shape index (κ3) is 51.7. The summed E-state index contributed by atoms with van der Waals surface area (Å²) in [4.78, 5) is 29.3. The summed E-state index contributed by atoms with van der Waals surface area (Å²) in [6.45, 7) is 6.11. The number of carbonyl (C=O) groups excluding carboxylic acids is 3. The number of hydrogen-bond donors (Lipinski definition) is 0. The normalized spacial score (nSPS) is 8.76. The Hall–Kier alpha value is -0.850. The molecule has 0 radical (unpaired) electrons. The summed E-state index contributed by atoms with van der Waals surface area (Å²) in [5.74, 6) is -2.80. The molecule has 0 fully saturated rings. The third-order valence-corrected chi connectivity index (χ3v) is 2.95. The van der Waals surface area contributed by atoms with Crippen LogP contribution in [0.3, 0.4) is 0 Å². The first-order chi connectivity index (χ1) is 11.3.